The maximum absolute atomic E-state index is 13.0. The predicted octanol–water partition coefficient (Wildman–Crippen LogP) is 2.20. The van der Waals surface area contributed by atoms with Crippen LogP contribution in [0.3, 0.4) is 0 Å². The van der Waals surface area contributed by atoms with E-state index in [1.807, 2.05) is 0 Å². The van der Waals surface area contributed by atoms with Crippen LogP contribution in [-0.4, -0.2) is 4.57 Å². The Balaban J connectivity index is 3.09. The highest BCUT2D eigenvalue weighted by Gasteiger charge is 2.13. The van der Waals surface area contributed by atoms with Crippen molar-refractivity contribution in [3.8, 4) is 6.07 Å². The summed E-state index contributed by atoms with van der Waals surface area (Å²) < 4.78 is 14.3. The molecule has 0 saturated carbocycles. The number of rotatable bonds is 0. The molecular formula is C11H6ClFN2O. The minimum Gasteiger partial charge on any atom is -0.310 e. The Hall–Kier alpha value is -1.86. The van der Waals surface area contributed by atoms with Gasteiger partial charge in [0, 0.05) is 12.4 Å². The molecule has 0 aliphatic carbocycles. The van der Waals surface area contributed by atoms with Gasteiger partial charge in [0.25, 0.3) is 5.56 Å². The third kappa shape index (κ3) is 1.37. The fraction of sp³-hybridized carbons (Fsp3) is 0.0909. The maximum Gasteiger partial charge on any atom is 0.270 e. The van der Waals surface area contributed by atoms with Crippen molar-refractivity contribution in [3.63, 3.8) is 0 Å². The molecule has 1 aromatic carbocycles. The number of nitrogens with zero attached hydrogens (tertiary/aromatic N) is 2. The van der Waals surface area contributed by atoms with Crippen LogP contribution in [0.15, 0.2) is 23.0 Å². The average Bonchev–Trinajstić information content (AvgIpc) is 2.27. The van der Waals surface area contributed by atoms with Crippen LogP contribution in [0.1, 0.15) is 5.56 Å². The number of benzene rings is 1. The molecule has 2 rings (SSSR count). The molecule has 0 N–H and O–H groups in total. The summed E-state index contributed by atoms with van der Waals surface area (Å²) in [6.07, 6.45) is 0. The molecular weight excluding hydrogens is 231 g/mol. The Bertz CT molecular complexity index is 685. The summed E-state index contributed by atoms with van der Waals surface area (Å²) in [7, 11) is 1.47. The predicted molar refractivity (Wildman–Crippen MR) is 58.9 cm³/mol. The second kappa shape index (κ2) is 3.62. The number of hydrogen-bond donors (Lipinski definition) is 0. The molecule has 1 heterocycles. The Morgan fingerprint density at radius 3 is 2.81 bits per heavy atom. The monoisotopic (exact) mass is 236 g/mol. The molecule has 0 radical (unpaired) electrons. The Kier molecular flexibility index (Phi) is 2.41. The molecule has 0 amide bonds. The molecule has 0 aliphatic heterocycles. The SMILES string of the molecule is Cn1c(=O)c(C#N)c(Cl)c2ccc(F)cc21. The number of aromatic nitrogens is 1. The van der Waals surface area contributed by atoms with Gasteiger partial charge in [0.15, 0.2) is 0 Å². The lowest BCUT2D eigenvalue weighted by atomic mass is 10.1. The molecule has 0 unspecified atom stereocenters. The van der Waals surface area contributed by atoms with Gasteiger partial charge in [0.2, 0.25) is 0 Å². The van der Waals surface area contributed by atoms with Gasteiger partial charge in [-0.3, -0.25) is 4.79 Å². The normalized spacial score (nSPS) is 10.4. The first kappa shape index (κ1) is 10.7. The number of fused-ring (bicyclic) bond motifs is 1. The van der Waals surface area contributed by atoms with E-state index in [4.69, 9.17) is 16.9 Å². The second-order valence-corrected chi connectivity index (χ2v) is 3.70. The molecule has 0 aliphatic rings. The number of nitriles is 1. The van der Waals surface area contributed by atoms with Crippen molar-refractivity contribution >= 4 is 22.5 Å². The summed E-state index contributed by atoms with van der Waals surface area (Å²) in [4.78, 5) is 11.7. The van der Waals surface area contributed by atoms with Gasteiger partial charge < -0.3 is 4.57 Å². The first-order chi connectivity index (χ1) is 7.56. The molecule has 80 valence electrons. The Labute approximate surface area is 95.3 Å². The Morgan fingerprint density at radius 2 is 2.19 bits per heavy atom. The molecule has 2 aromatic rings. The standard InChI is InChI=1S/C11H6ClFN2O/c1-15-9-4-6(13)2-3-7(9)10(12)8(5-14)11(15)16/h2-4H,1H3. The average molecular weight is 237 g/mol. The fourth-order valence-electron chi connectivity index (χ4n) is 1.57. The second-order valence-electron chi connectivity index (χ2n) is 3.33. The highest BCUT2D eigenvalue weighted by atomic mass is 35.5. The molecule has 0 atom stereocenters. The quantitative estimate of drug-likeness (QED) is 0.704. The van der Waals surface area contributed by atoms with Crippen molar-refractivity contribution in [1.29, 1.82) is 5.26 Å². The molecule has 1 aromatic heterocycles. The van der Waals surface area contributed by atoms with Crippen LogP contribution >= 0.6 is 11.6 Å². The summed E-state index contributed by atoms with van der Waals surface area (Å²) in [5.74, 6) is -0.455. The Morgan fingerprint density at radius 1 is 1.50 bits per heavy atom. The smallest absolute Gasteiger partial charge is 0.270 e. The van der Waals surface area contributed by atoms with Gasteiger partial charge in [0.05, 0.1) is 10.5 Å². The summed E-state index contributed by atoms with van der Waals surface area (Å²) >= 11 is 5.91. The first-order valence-corrected chi connectivity index (χ1v) is 4.82. The molecule has 0 fully saturated rings. The topological polar surface area (TPSA) is 45.8 Å². The van der Waals surface area contributed by atoms with Crippen LogP contribution in [0.2, 0.25) is 5.02 Å². The van der Waals surface area contributed by atoms with Gasteiger partial charge in [-0.05, 0) is 18.2 Å². The highest BCUT2D eigenvalue weighted by molar-refractivity contribution is 6.36. The van der Waals surface area contributed by atoms with E-state index < -0.39 is 11.4 Å². The van der Waals surface area contributed by atoms with Gasteiger partial charge in [-0.2, -0.15) is 5.26 Å². The van der Waals surface area contributed by atoms with Crippen molar-refractivity contribution in [2.45, 2.75) is 0 Å². The van der Waals surface area contributed by atoms with Crippen LogP contribution in [0.4, 0.5) is 4.39 Å². The summed E-state index contributed by atoms with van der Waals surface area (Å²) in [5.41, 5.74) is -0.275. The molecule has 0 spiro atoms. The van der Waals surface area contributed by atoms with E-state index in [0.29, 0.717) is 10.9 Å². The van der Waals surface area contributed by atoms with Crippen LogP contribution in [0.25, 0.3) is 10.9 Å². The number of hydrogen-bond acceptors (Lipinski definition) is 2. The van der Waals surface area contributed by atoms with Crippen LogP contribution in [0.5, 0.6) is 0 Å². The lowest BCUT2D eigenvalue weighted by molar-refractivity contribution is 0.628. The van der Waals surface area contributed by atoms with Crippen molar-refractivity contribution in [2.24, 2.45) is 7.05 Å². The first-order valence-electron chi connectivity index (χ1n) is 4.44. The van der Waals surface area contributed by atoms with E-state index in [1.165, 1.54) is 29.8 Å². The van der Waals surface area contributed by atoms with E-state index in [9.17, 15) is 9.18 Å². The fourth-order valence-corrected chi connectivity index (χ4v) is 1.85. The minimum absolute atomic E-state index is 0.0700. The maximum atomic E-state index is 13.0. The third-order valence-corrected chi connectivity index (χ3v) is 2.80. The van der Waals surface area contributed by atoms with Gasteiger partial charge in [-0.15, -0.1) is 0 Å². The van der Waals surface area contributed by atoms with E-state index in [-0.39, 0.29) is 10.6 Å². The molecule has 0 bridgehead atoms. The molecule has 5 heteroatoms. The lowest BCUT2D eigenvalue weighted by Gasteiger charge is -2.07. The van der Waals surface area contributed by atoms with Crippen molar-refractivity contribution in [3.05, 3.63) is 45.0 Å². The van der Waals surface area contributed by atoms with Crippen LogP contribution < -0.4 is 5.56 Å². The van der Waals surface area contributed by atoms with Gasteiger partial charge in [-0.1, -0.05) is 11.6 Å². The molecule has 3 nitrogen and oxygen atoms in total. The summed E-state index contributed by atoms with van der Waals surface area (Å²) in [6.45, 7) is 0. The van der Waals surface area contributed by atoms with E-state index in [1.54, 1.807) is 6.07 Å². The van der Waals surface area contributed by atoms with Gasteiger partial charge in [0.1, 0.15) is 17.4 Å². The van der Waals surface area contributed by atoms with Crippen molar-refractivity contribution < 1.29 is 4.39 Å². The number of pyridine rings is 1. The highest BCUT2D eigenvalue weighted by Crippen LogP contribution is 2.24. The molecule has 16 heavy (non-hydrogen) atoms. The zero-order valence-corrected chi connectivity index (χ0v) is 9.05. The van der Waals surface area contributed by atoms with E-state index >= 15 is 0 Å². The largest absolute Gasteiger partial charge is 0.310 e. The zero-order valence-electron chi connectivity index (χ0n) is 8.29. The lowest BCUT2D eigenvalue weighted by Crippen LogP contribution is -2.20. The third-order valence-electron chi connectivity index (χ3n) is 2.41. The zero-order chi connectivity index (χ0) is 11.9. The van der Waals surface area contributed by atoms with Crippen LogP contribution in [0, 0.1) is 17.1 Å². The van der Waals surface area contributed by atoms with Crippen LogP contribution in [-0.2, 0) is 7.05 Å². The van der Waals surface area contributed by atoms with E-state index in [0.717, 1.165) is 0 Å². The number of halogens is 2. The van der Waals surface area contributed by atoms with Crippen molar-refractivity contribution in [1.82, 2.24) is 4.57 Å². The molecule has 0 saturated heterocycles. The summed E-state index contributed by atoms with van der Waals surface area (Å²) in [6, 6.07) is 5.65. The summed E-state index contributed by atoms with van der Waals surface area (Å²) in [5, 5.41) is 9.37. The number of aryl methyl sites for hydroxylation is 1. The van der Waals surface area contributed by atoms with E-state index in [2.05, 4.69) is 0 Å². The van der Waals surface area contributed by atoms with Gasteiger partial charge in [-0.25, -0.2) is 4.39 Å². The van der Waals surface area contributed by atoms with Gasteiger partial charge >= 0.3 is 0 Å². The van der Waals surface area contributed by atoms with Crippen molar-refractivity contribution in [2.75, 3.05) is 0 Å². The minimum atomic E-state index is -0.523.